The Morgan fingerprint density at radius 2 is 2.15 bits per heavy atom. The third-order valence-electron chi connectivity index (χ3n) is 5.13. The molecule has 140 valence electrons. The molecule has 2 aromatic heterocycles. The maximum atomic E-state index is 13.5. The van der Waals surface area contributed by atoms with E-state index in [1.807, 2.05) is 24.8 Å². The molecule has 0 bridgehead atoms. The van der Waals surface area contributed by atoms with Crippen LogP contribution in [0.3, 0.4) is 0 Å². The highest BCUT2D eigenvalue weighted by atomic mass is 19.1. The van der Waals surface area contributed by atoms with Crippen LogP contribution in [0.2, 0.25) is 0 Å². The lowest BCUT2D eigenvalue weighted by Crippen LogP contribution is -2.33. The van der Waals surface area contributed by atoms with E-state index in [1.54, 1.807) is 10.6 Å². The third-order valence-corrected chi connectivity index (χ3v) is 5.13. The van der Waals surface area contributed by atoms with E-state index in [2.05, 4.69) is 15.1 Å². The summed E-state index contributed by atoms with van der Waals surface area (Å²) in [6, 6.07) is 6.75. The molecule has 0 radical (unpaired) electrons. The lowest BCUT2D eigenvalue weighted by atomic mass is 10.1. The van der Waals surface area contributed by atoms with Crippen LogP contribution in [0.1, 0.15) is 41.8 Å². The van der Waals surface area contributed by atoms with E-state index in [1.165, 1.54) is 18.5 Å². The van der Waals surface area contributed by atoms with Gasteiger partial charge in [0.05, 0.1) is 0 Å². The Morgan fingerprint density at radius 1 is 1.33 bits per heavy atom. The fraction of sp³-hybridized carbons (Fsp3) is 0.400. The first kappa shape index (κ1) is 17.6. The van der Waals surface area contributed by atoms with Gasteiger partial charge in [-0.3, -0.25) is 4.79 Å². The average Bonchev–Trinajstić information content (AvgIpc) is 3.37. The second kappa shape index (κ2) is 7.06. The Hall–Kier alpha value is -2.83. The first-order chi connectivity index (χ1) is 13.0. The molecule has 6 nitrogen and oxygen atoms in total. The van der Waals surface area contributed by atoms with Crippen molar-refractivity contribution in [3.05, 3.63) is 58.9 Å². The Balaban J connectivity index is 1.49. The molecule has 1 amide bonds. The van der Waals surface area contributed by atoms with Gasteiger partial charge in [0.2, 0.25) is 5.91 Å². The molecule has 2 heterocycles. The number of carbonyl (C=O) groups excluding carboxylic acids is 1. The van der Waals surface area contributed by atoms with Crippen molar-refractivity contribution in [1.82, 2.24) is 24.5 Å². The number of halogens is 1. The predicted octanol–water partition coefficient (Wildman–Crippen LogP) is 3.00. The zero-order valence-electron chi connectivity index (χ0n) is 15.5. The first-order valence-corrected chi connectivity index (χ1v) is 9.22. The highest BCUT2D eigenvalue weighted by Gasteiger charge is 2.32. The molecule has 0 N–H and O–H groups in total. The van der Waals surface area contributed by atoms with Crippen LogP contribution in [0.5, 0.6) is 0 Å². The van der Waals surface area contributed by atoms with Crippen molar-refractivity contribution >= 4 is 11.7 Å². The monoisotopic (exact) mass is 367 g/mol. The van der Waals surface area contributed by atoms with E-state index < -0.39 is 0 Å². The SMILES string of the molecule is Cc1nc2ncnn2c(C)c1CCC(=O)N(Cc1cccc(F)c1)C1CC1. The highest BCUT2D eigenvalue weighted by Crippen LogP contribution is 2.29. The quantitative estimate of drug-likeness (QED) is 0.672. The second-order valence-corrected chi connectivity index (χ2v) is 7.12. The predicted molar refractivity (Wildman–Crippen MR) is 98.5 cm³/mol. The summed E-state index contributed by atoms with van der Waals surface area (Å²) in [6.07, 6.45) is 4.52. The van der Waals surface area contributed by atoms with Crippen LogP contribution < -0.4 is 0 Å². The molecule has 1 aromatic carbocycles. The number of nitrogens with zero attached hydrogens (tertiary/aromatic N) is 5. The summed E-state index contributed by atoms with van der Waals surface area (Å²) in [4.78, 5) is 23.4. The molecular weight excluding hydrogens is 345 g/mol. The van der Waals surface area contributed by atoms with Crippen molar-refractivity contribution in [2.24, 2.45) is 0 Å². The summed E-state index contributed by atoms with van der Waals surface area (Å²) in [7, 11) is 0. The minimum Gasteiger partial charge on any atom is -0.335 e. The van der Waals surface area contributed by atoms with Gasteiger partial charge in [-0.2, -0.15) is 10.1 Å². The average molecular weight is 367 g/mol. The van der Waals surface area contributed by atoms with E-state index in [0.717, 1.165) is 35.4 Å². The lowest BCUT2D eigenvalue weighted by Gasteiger charge is -2.23. The van der Waals surface area contributed by atoms with E-state index in [9.17, 15) is 9.18 Å². The number of rotatable bonds is 6. The van der Waals surface area contributed by atoms with Gasteiger partial charge in [-0.25, -0.2) is 13.9 Å². The zero-order chi connectivity index (χ0) is 19.0. The molecule has 7 heteroatoms. The third kappa shape index (κ3) is 3.67. The van der Waals surface area contributed by atoms with Gasteiger partial charge in [-0.05, 0) is 56.4 Å². The van der Waals surface area contributed by atoms with Crippen molar-refractivity contribution in [3.63, 3.8) is 0 Å². The first-order valence-electron chi connectivity index (χ1n) is 9.22. The van der Waals surface area contributed by atoms with Crippen LogP contribution >= 0.6 is 0 Å². The van der Waals surface area contributed by atoms with Crippen molar-refractivity contribution in [2.75, 3.05) is 0 Å². The van der Waals surface area contributed by atoms with Crippen LogP contribution in [0.15, 0.2) is 30.6 Å². The van der Waals surface area contributed by atoms with E-state index in [4.69, 9.17) is 0 Å². The van der Waals surface area contributed by atoms with Crippen molar-refractivity contribution in [2.45, 2.75) is 52.1 Å². The van der Waals surface area contributed by atoms with Crippen molar-refractivity contribution in [1.29, 1.82) is 0 Å². The minimum absolute atomic E-state index is 0.0965. The van der Waals surface area contributed by atoms with Gasteiger partial charge < -0.3 is 4.90 Å². The van der Waals surface area contributed by atoms with Gasteiger partial charge in [-0.1, -0.05) is 12.1 Å². The molecule has 0 saturated heterocycles. The van der Waals surface area contributed by atoms with Crippen molar-refractivity contribution < 1.29 is 9.18 Å². The Kier molecular flexibility index (Phi) is 4.59. The highest BCUT2D eigenvalue weighted by molar-refractivity contribution is 5.77. The summed E-state index contributed by atoms with van der Waals surface area (Å²) in [5.41, 5.74) is 3.70. The van der Waals surface area contributed by atoms with Gasteiger partial charge in [0, 0.05) is 30.4 Å². The Labute approximate surface area is 157 Å². The molecule has 0 unspecified atom stereocenters. The number of benzene rings is 1. The number of hydrogen-bond acceptors (Lipinski definition) is 4. The van der Waals surface area contributed by atoms with Gasteiger partial charge in [0.25, 0.3) is 5.78 Å². The van der Waals surface area contributed by atoms with Crippen LogP contribution in [0, 0.1) is 19.7 Å². The molecule has 1 aliphatic carbocycles. The molecule has 4 rings (SSSR count). The topological polar surface area (TPSA) is 63.4 Å². The lowest BCUT2D eigenvalue weighted by molar-refractivity contribution is -0.132. The van der Waals surface area contributed by atoms with Crippen LogP contribution in [-0.4, -0.2) is 36.4 Å². The molecule has 1 aliphatic rings. The van der Waals surface area contributed by atoms with E-state index in [0.29, 0.717) is 25.2 Å². The Morgan fingerprint density at radius 3 is 2.89 bits per heavy atom. The number of fused-ring (bicyclic) bond motifs is 1. The standard InChI is InChI=1S/C20H22FN5O/c1-13-18(14(2)26-20(24-13)22-12-23-26)8-9-19(27)25(17-6-7-17)11-15-4-3-5-16(21)10-15/h3-5,10,12,17H,6-9,11H2,1-2H3. The van der Waals surface area contributed by atoms with Crippen LogP contribution in [0.4, 0.5) is 4.39 Å². The van der Waals surface area contributed by atoms with E-state index >= 15 is 0 Å². The van der Waals surface area contributed by atoms with Gasteiger partial charge in [0.15, 0.2) is 0 Å². The summed E-state index contributed by atoms with van der Waals surface area (Å²) < 4.78 is 15.2. The minimum atomic E-state index is -0.269. The zero-order valence-corrected chi connectivity index (χ0v) is 15.5. The largest absolute Gasteiger partial charge is 0.335 e. The van der Waals surface area contributed by atoms with Crippen LogP contribution in [-0.2, 0) is 17.8 Å². The molecule has 0 aliphatic heterocycles. The summed E-state index contributed by atoms with van der Waals surface area (Å²) in [6.45, 7) is 4.37. The smallest absolute Gasteiger partial charge is 0.252 e. The van der Waals surface area contributed by atoms with Gasteiger partial charge in [0.1, 0.15) is 12.1 Å². The molecule has 1 fully saturated rings. The fourth-order valence-corrected chi connectivity index (χ4v) is 3.53. The van der Waals surface area contributed by atoms with E-state index in [-0.39, 0.29) is 17.8 Å². The molecule has 1 saturated carbocycles. The summed E-state index contributed by atoms with van der Waals surface area (Å²) in [5.74, 6) is 0.402. The number of carbonyl (C=O) groups is 1. The molecule has 0 spiro atoms. The normalized spacial score (nSPS) is 13.9. The maximum Gasteiger partial charge on any atom is 0.252 e. The number of aryl methyl sites for hydroxylation is 2. The molecule has 3 aromatic rings. The van der Waals surface area contributed by atoms with Crippen LogP contribution in [0.25, 0.3) is 5.78 Å². The number of hydrogen-bond donors (Lipinski definition) is 0. The maximum absolute atomic E-state index is 13.5. The second-order valence-electron chi connectivity index (χ2n) is 7.12. The van der Waals surface area contributed by atoms with Crippen molar-refractivity contribution in [3.8, 4) is 0 Å². The number of aromatic nitrogens is 4. The molecular formula is C20H22FN5O. The van der Waals surface area contributed by atoms with Gasteiger partial charge in [-0.15, -0.1) is 0 Å². The fourth-order valence-electron chi connectivity index (χ4n) is 3.53. The number of amides is 1. The summed E-state index contributed by atoms with van der Waals surface area (Å²) in [5, 5.41) is 4.20. The summed E-state index contributed by atoms with van der Waals surface area (Å²) >= 11 is 0. The van der Waals surface area contributed by atoms with Gasteiger partial charge >= 0.3 is 0 Å². The molecule has 0 atom stereocenters. The molecule has 27 heavy (non-hydrogen) atoms. The Bertz CT molecular complexity index is 995.